The van der Waals surface area contributed by atoms with Crippen molar-refractivity contribution in [3.8, 4) is 0 Å². The molecule has 0 radical (unpaired) electrons. The van der Waals surface area contributed by atoms with Gasteiger partial charge in [0.05, 0.1) is 9.83 Å². The quantitative estimate of drug-likeness (QED) is 0.509. The lowest BCUT2D eigenvalue weighted by molar-refractivity contribution is -0.384. The number of hydrogen-bond donors (Lipinski definition) is 1. The predicted molar refractivity (Wildman–Crippen MR) is 70.3 cm³/mol. The van der Waals surface area contributed by atoms with Gasteiger partial charge in [-0.05, 0) is 23.9 Å². The molecule has 1 aromatic rings. The summed E-state index contributed by atoms with van der Waals surface area (Å²) in [6.45, 7) is 0. The van der Waals surface area contributed by atoms with Crippen LogP contribution in [-0.4, -0.2) is 16.0 Å². The number of nitro benzene ring substituents is 1. The molecule has 1 aliphatic rings. The van der Waals surface area contributed by atoms with E-state index in [1.165, 1.54) is 24.3 Å². The number of hydrogen-bond acceptors (Lipinski definition) is 5. The fourth-order valence-corrected chi connectivity index (χ4v) is 2.17. The molecular weight excluding hydrogens is 278 g/mol. The lowest BCUT2D eigenvalue weighted by Gasteiger charge is -1.99. The van der Waals surface area contributed by atoms with Gasteiger partial charge in [-0.25, -0.2) is 0 Å². The average molecular weight is 284 g/mol. The van der Waals surface area contributed by atoms with Crippen LogP contribution in [0.4, 0.5) is 5.69 Å². The van der Waals surface area contributed by atoms with E-state index in [0.717, 1.165) is 11.8 Å². The van der Waals surface area contributed by atoms with Gasteiger partial charge in [0.2, 0.25) is 0 Å². The summed E-state index contributed by atoms with van der Waals surface area (Å²) in [5, 5.41) is 11.1. The van der Waals surface area contributed by atoms with Gasteiger partial charge in [0.25, 0.3) is 11.6 Å². The van der Waals surface area contributed by atoms with E-state index in [1.807, 2.05) is 0 Å². The number of nitrogens with zero attached hydrogens (tertiary/aromatic N) is 2. The minimum atomic E-state index is -0.535. The Labute approximate surface area is 111 Å². The molecule has 0 aliphatic carbocycles. The highest BCUT2D eigenvalue weighted by Gasteiger charge is 2.20. The molecule has 0 unspecified atom stereocenters. The third kappa shape index (κ3) is 2.52. The fourth-order valence-electron chi connectivity index (χ4n) is 1.32. The first-order chi connectivity index (χ1) is 8.47. The third-order valence-corrected chi connectivity index (χ3v) is 3.27. The van der Waals surface area contributed by atoms with Gasteiger partial charge in [-0.1, -0.05) is 11.6 Å². The molecule has 0 saturated heterocycles. The molecule has 8 heteroatoms. The van der Waals surface area contributed by atoms with E-state index in [9.17, 15) is 14.9 Å². The lowest BCUT2D eigenvalue weighted by Crippen LogP contribution is -2.01. The maximum absolute atomic E-state index is 11.4. The van der Waals surface area contributed by atoms with E-state index in [1.54, 1.807) is 0 Å². The second-order valence-electron chi connectivity index (χ2n) is 3.33. The number of carbonyl (C=O) groups excluding carboxylic acids is 1. The Morgan fingerprint density at radius 3 is 2.78 bits per heavy atom. The molecule has 0 fully saturated rings. The van der Waals surface area contributed by atoms with Crippen LogP contribution in [0.2, 0.25) is 5.02 Å². The Morgan fingerprint density at radius 2 is 2.22 bits per heavy atom. The maximum Gasteiger partial charge on any atom is 0.286 e. The number of amidine groups is 1. The molecule has 0 spiro atoms. The van der Waals surface area contributed by atoms with Gasteiger partial charge < -0.3 is 5.73 Å². The molecule has 1 aromatic carbocycles. The van der Waals surface area contributed by atoms with Crippen LogP contribution < -0.4 is 5.73 Å². The highest BCUT2D eigenvalue weighted by atomic mass is 35.5. The SMILES string of the molecule is NC1=NC(=O)/C(=C\c2cc([N+](=O)[O-])ccc2Cl)S1. The fraction of sp³-hybridized carbons (Fsp3) is 0. The second kappa shape index (κ2) is 4.79. The monoisotopic (exact) mass is 283 g/mol. The van der Waals surface area contributed by atoms with E-state index in [2.05, 4.69) is 4.99 Å². The zero-order valence-electron chi connectivity index (χ0n) is 8.79. The molecule has 1 aliphatic heterocycles. The molecular formula is C10H6ClN3O3S. The summed E-state index contributed by atoms with van der Waals surface area (Å²) in [7, 11) is 0. The molecule has 2 N–H and O–H groups in total. The Balaban J connectivity index is 2.40. The number of halogens is 1. The maximum atomic E-state index is 11.4. The van der Waals surface area contributed by atoms with Crippen LogP contribution in [0.3, 0.4) is 0 Å². The summed E-state index contributed by atoms with van der Waals surface area (Å²) in [6, 6.07) is 3.98. The number of amides is 1. The summed E-state index contributed by atoms with van der Waals surface area (Å²) in [5.41, 5.74) is 5.68. The van der Waals surface area contributed by atoms with Crippen LogP contribution in [0.25, 0.3) is 6.08 Å². The van der Waals surface area contributed by atoms with Crippen molar-refractivity contribution < 1.29 is 9.72 Å². The number of thioether (sulfide) groups is 1. The summed E-state index contributed by atoms with van der Waals surface area (Å²) < 4.78 is 0. The van der Waals surface area contributed by atoms with Crippen molar-refractivity contribution in [1.29, 1.82) is 0 Å². The van der Waals surface area contributed by atoms with Gasteiger partial charge in [-0.3, -0.25) is 14.9 Å². The van der Waals surface area contributed by atoms with Crippen molar-refractivity contribution in [2.24, 2.45) is 10.7 Å². The normalized spacial score (nSPS) is 17.1. The number of nitrogens with two attached hydrogens (primary N) is 1. The number of rotatable bonds is 2. The van der Waals surface area contributed by atoms with E-state index >= 15 is 0 Å². The first kappa shape index (κ1) is 12.6. The van der Waals surface area contributed by atoms with Crippen LogP contribution in [0.15, 0.2) is 28.1 Å². The van der Waals surface area contributed by atoms with Gasteiger partial charge in [0.1, 0.15) is 0 Å². The third-order valence-electron chi connectivity index (χ3n) is 2.11. The molecule has 6 nitrogen and oxygen atoms in total. The van der Waals surface area contributed by atoms with Crippen molar-refractivity contribution in [2.75, 3.05) is 0 Å². The summed E-state index contributed by atoms with van der Waals surface area (Å²) >= 11 is 6.91. The zero-order chi connectivity index (χ0) is 13.3. The Bertz CT molecular complexity index is 612. The summed E-state index contributed by atoms with van der Waals surface area (Å²) in [4.78, 5) is 25.3. The first-order valence-electron chi connectivity index (χ1n) is 4.69. The average Bonchev–Trinajstić information content (AvgIpc) is 2.60. The Hall–Kier alpha value is -1.86. The largest absolute Gasteiger partial charge is 0.378 e. The van der Waals surface area contributed by atoms with Crippen molar-refractivity contribution >= 4 is 46.2 Å². The molecule has 0 aromatic heterocycles. The van der Waals surface area contributed by atoms with Crippen LogP contribution in [0.1, 0.15) is 5.56 Å². The number of carbonyl (C=O) groups is 1. The highest BCUT2D eigenvalue weighted by molar-refractivity contribution is 8.18. The number of nitro groups is 1. The molecule has 2 rings (SSSR count). The van der Waals surface area contributed by atoms with Gasteiger partial charge in [0, 0.05) is 22.7 Å². The van der Waals surface area contributed by atoms with Crippen LogP contribution in [-0.2, 0) is 4.79 Å². The van der Waals surface area contributed by atoms with Crippen molar-refractivity contribution in [3.63, 3.8) is 0 Å². The van der Waals surface area contributed by atoms with E-state index in [4.69, 9.17) is 17.3 Å². The topological polar surface area (TPSA) is 98.6 Å². The Kier molecular flexibility index (Phi) is 3.35. The highest BCUT2D eigenvalue weighted by Crippen LogP contribution is 2.30. The molecule has 1 amide bonds. The predicted octanol–water partition coefficient (Wildman–Crippen LogP) is 2.18. The first-order valence-corrected chi connectivity index (χ1v) is 5.89. The van der Waals surface area contributed by atoms with Gasteiger partial charge in [0.15, 0.2) is 5.17 Å². The van der Waals surface area contributed by atoms with Crippen LogP contribution in [0.5, 0.6) is 0 Å². The molecule has 18 heavy (non-hydrogen) atoms. The summed E-state index contributed by atoms with van der Waals surface area (Å²) in [6.07, 6.45) is 1.44. The lowest BCUT2D eigenvalue weighted by atomic mass is 10.2. The Morgan fingerprint density at radius 1 is 1.50 bits per heavy atom. The van der Waals surface area contributed by atoms with E-state index < -0.39 is 10.8 Å². The molecule has 0 saturated carbocycles. The van der Waals surface area contributed by atoms with E-state index in [-0.39, 0.29) is 15.8 Å². The van der Waals surface area contributed by atoms with E-state index in [0.29, 0.717) is 10.6 Å². The minimum absolute atomic E-state index is 0.101. The van der Waals surface area contributed by atoms with Crippen LogP contribution in [0, 0.1) is 10.1 Å². The molecule has 92 valence electrons. The summed E-state index contributed by atoms with van der Waals surface area (Å²) in [5.74, 6) is -0.472. The minimum Gasteiger partial charge on any atom is -0.378 e. The van der Waals surface area contributed by atoms with Crippen molar-refractivity contribution in [2.45, 2.75) is 0 Å². The number of aliphatic imine (C=N–C) groups is 1. The van der Waals surface area contributed by atoms with Crippen molar-refractivity contribution in [3.05, 3.63) is 43.8 Å². The van der Waals surface area contributed by atoms with Crippen LogP contribution >= 0.6 is 23.4 Å². The van der Waals surface area contributed by atoms with Crippen molar-refractivity contribution in [1.82, 2.24) is 0 Å². The van der Waals surface area contributed by atoms with Gasteiger partial charge in [-0.15, -0.1) is 0 Å². The molecule has 0 atom stereocenters. The molecule has 1 heterocycles. The van der Waals surface area contributed by atoms with Gasteiger partial charge in [-0.2, -0.15) is 4.99 Å². The smallest absolute Gasteiger partial charge is 0.286 e. The number of non-ortho nitro benzene ring substituents is 1. The standard InChI is InChI=1S/C10H6ClN3O3S/c11-7-2-1-6(14(16)17)3-5(7)4-8-9(15)13-10(12)18-8/h1-4H,(H2,12,13,15)/b8-4+. The number of benzene rings is 1. The van der Waals surface area contributed by atoms with Gasteiger partial charge >= 0.3 is 0 Å². The molecule has 0 bridgehead atoms. The second-order valence-corrected chi connectivity index (χ2v) is 4.80. The zero-order valence-corrected chi connectivity index (χ0v) is 10.4.